The molecule has 5 rings (SSSR count). The molecular weight excluding hydrogens is 370 g/mol. The van der Waals surface area contributed by atoms with Crippen LogP contribution in [0.15, 0.2) is 46.3 Å². The van der Waals surface area contributed by atoms with Gasteiger partial charge < -0.3 is 4.42 Å². The maximum atomic E-state index is 6.07. The third-order valence-corrected chi connectivity index (χ3v) is 6.22. The molecule has 0 N–H and O–H groups in total. The van der Waals surface area contributed by atoms with Crippen molar-refractivity contribution in [2.24, 2.45) is 0 Å². The zero-order valence-corrected chi connectivity index (χ0v) is 16.5. The zero-order chi connectivity index (χ0) is 18.9. The van der Waals surface area contributed by atoms with Gasteiger partial charge in [-0.25, -0.2) is 4.98 Å². The molecule has 6 nitrogen and oxygen atoms in total. The van der Waals surface area contributed by atoms with Crippen LogP contribution in [0.4, 0.5) is 0 Å². The molecule has 1 aliphatic heterocycles. The van der Waals surface area contributed by atoms with E-state index >= 15 is 0 Å². The minimum Gasteiger partial charge on any atom is -0.418 e. The highest BCUT2D eigenvalue weighted by molar-refractivity contribution is 7.13. The number of aryl methyl sites for hydroxylation is 1. The number of para-hydroxylation sites is 1. The lowest BCUT2D eigenvalue weighted by atomic mass is 10.0. The van der Waals surface area contributed by atoms with Crippen molar-refractivity contribution in [3.63, 3.8) is 0 Å². The van der Waals surface area contributed by atoms with Crippen LogP contribution in [0.3, 0.4) is 0 Å². The molecule has 1 unspecified atom stereocenters. The second-order valence-electron chi connectivity index (χ2n) is 7.19. The van der Waals surface area contributed by atoms with Gasteiger partial charge in [0.2, 0.25) is 5.89 Å². The first-order valence-corrected chi connectivity index (χ1v) is 10.5. The number of aromatic nitrogens is 4. The number of nitrogens with zero attached hydrogens (tertiary/aromatic N) is 5. The van der Waals surface area contributed by atoms with Crippen LogP contribution in [0.5, 0.6) is 0 Å². The van der Waals surface area contributed by atoms with Gasteiger partial charge in [0.25, 0.3) is 5.89 Å². The molecule has 0 spiro atoms. The monoisotopic (exact) mass is 391 g/mol. The van der Waals surface area contributed by atoms with E-state index in [4.69, 9.17) is 9.40 Å². The predicted molar refractivity (Wildman–Crippen MR) is 109 cm³/mol. The molecule has 1 atom stereocenters. The van der Waals surface area contributed by atoms with Crippen molar-refractivity contribution in [1.82, 2.24) is 25.1 Å². The number of fused-ring (bicyclic) bond motifs is 1. The fraction of sp³-hybridized carbons (Fsp3) is 0.333. The third-order valence-electron chi connectivity index (χ3n) is 5.30. The van der Waals surface area contributed by atoms with Crippen molar-refractivity contribution in [2.45, 2.75) is 38.8 Å². The summed E-state index contributed by atoms with van der Waals surface area (Å²) in [7, 11) is 0. The van der Waals surface area contributed by atoms with Crippen LogP contribution < -0.4 is 0 Å². The standard InChI is InChI=1S/C21H21N5OS/c1-14-19(28-13-22-14)21-25-24-20(27-21)18-8-4-5-11-26(18)12-16-10-9-15-6-2-3-7-17(15)23-16/h2-3,6-7,9-10,13,18H,4-5,8,11-12H2,1H3. The molecule has 1 fully saturated rings. The van der Waals surface area contributed by atoms with Crippen molar-refractivity contribution < 1.29 is 4.42 Å². The number of benzene rings is 1. The van der Waals surface area contributed by atoms with Crippen molar-refractivity contribution in [3.05, 3.63) is 59.2 Å². The molecule has 4 heterocycles. The van der Waals surface area contributed by atoms with Gasteiger partial charge in [-0.3, -0.25) is 9.88 Å². The number of hydrogen-bond donors (Lipinski definition) is 0. The molecule has 0 bridgehead atoms. The fourth-order valence-corrected chi connectivity index (χ4v) is 4.56. The highest BCUT2D eigenvalue weighted by Gasteiger charge is 2.29. The van der Waals surface area contributed by atoms with Gasteiger partial charge in [-0.1, -0.05) is 30.7 Å². The lowest BCUT2D eigenvalue weighted by Gasteiger charge is -2.33. The predicted octanol–water partition coefficient (Wildman–Crippen LogP) is 4.78. The Bertz CT molecular complexity index is 1100. The van der Waals surface area contributed by atoms with Gasteiger partial charge in [0.1, 0.15) is 4.88 Å². The van der Waals surface area contributed by atoms with E-state index in [1.54, 1.807) is 0 Å². The number of thiazole rings is 1. The normalized spacial score (nSPS) is 18.0. The third kappa shape index (κ3) is 3.31. The molecule has 7 heteroatoms. The average Bonchev–Trinajstić information content (AvgIpc) is 3.37. The highest BCUT2D eigenvalue weighted by atomic mass is 32.1. The minimum atomic E-state index is 0.136. The summed E-state index contributed by atoms with van der Waals surface area (Å²) in [4.78, 5) is 12.5. The molecule has 3 aromatic heterocycles. The topological polar surface area (TPSA) is 67.9 Å². The van der Waals surface area contributed by atoms with E-state index in [0.29, 0.717) is 11.8 Å². The van der Waals surface area contributed by atoms with Gasteiger partial charge in [0, 0.05) is 11.9 Å². The fourth-order valence-electron chi connectivity index (χ4n) is 3.83. The SMILES string of the molecule is Cc1ncsc1-c1nnc(C2CCCCN2Cc2ccc3ccccc3n2)o1. The molecule has 0 radical (unpaired) electrons. The van der Waals surface area contributed by atoms with Crippen molar-refractivity contribution in [3.8, 4) is 10.8 Å². The number of hydrogen-bond acceptors (Lipinski definition) is 7. The molecule has 28 heavy (non-hydrogen) atoms. The van der Waals surface area contributed by atoms with Gasteiger partial charge >= 0.3 is 0 Å². The molecule has 1 aromatic carbocycles. The van der Waals surface area contributed by atoms with Crippen molar-refractivity contribution >= 4 is 22.2 Å². The van der Waals surface area contributed by atoms with E-state index in [2.05, 4.69) is 44.3 Å². The summed E-state index contributed by atoms with van der Waals surface area (Å²) in [6, 6.07) is 12.6. The van der Waals surface area contributed by atoms with Crippen LogP contribution in [-0.4, -0.2) is 31.6 Å². The minimum absolute atomic E-state index is 0.136. The molecule has 142 valence electrons. The molecule has 4 aromatic rings. The van der Waals surface area contributed by atoms with E-state index in [-0.39, 0.29) is 6.04 Å². The first kappa shape index (κ1) is 17.5. The van der Waals surface area contributed by atoms with Crippen LogP contribution in [0.25, 0.3) is 21.7 Å². The molecule has 1 saturated heterocycles. The summed E-state index contributed by atoms with van der Waals surface area (Å²) in [6.07, 6.45) is 3.37. The van der Waals surface area contributed by atoms with Crippen molar-refractivity contribution in [2.75, 3.05) is 6.54 Å². The number of rotatable bonds is 4. The quantitative estimate of drug-likeness (QED) is 0.499. The number of pyridine rings is 1. The second-order valence-corrected chi connectivity index (χ2v) is 8.04. The Hall–Kier alpha value is -2.64. The van der Waals surface area contributed by atoms with Gasteiger partial charge in [-0.05, 0) is 38.4 Å². The van der Waals surface area contributed by atoms with E-state index in [1.165, 1.54) is 29.6 Å². The van der Waals surface area contributed by atoms with Crippen molar-refractivity contribution in [1.29, 1.82) is 0 Å². The molecule has 0 aliphatic carbocycles. The summed E-state index contributed by atoms with van der Waals surface area (Å²) in [5, 5.41) is 9.84. The van der Waals surface area contributed by atoms with Gasteiger partial charge in [0.15, 0.2) is 0 Å². The largest absolute Gasteiger partial charge is 0.418 e. The summed E-state index contributed by atoms with van der Waals surface area (Å²) >= 11 is 1.54. The number of piperidine rings is 1. The lowest BCUT2D eigenvalue weighted by Crippen LogP contribution is -2.33. The maximum absolute atomic E-state index is 6.07. The van der Waals surface area contributed by atoms with Crippen LogP contribution in [0.2, 0.25) is 0 Å². The summed E-state index contributed by atoms with van der Waals surface area (Å²) in [5.74, 6) is 1.27. The number of likely N-dealkylation sites (tertiary alicyclic amines) is 1. The second kappa shape index (κ2) is 7.41. The Morgan fingerprint density at radius 1 is 1.14 bits per heavy atom. The Morgan fingerprint density at radius 3 is 2.96 bits per heavy atom. The van der Waals surface area contributed by atoms with Crippen LogP contribution in [0, 0.1) is 6.92 Å². The first-order chi connectivity index (χ1) is 13.8. The summed E-state index contributed by atoms with van der Waals surface area (Å²) in [5.41, 5.74) is 4.85. The summed E-state index contributed by atoms with van der Waals surface area (Å²) < 4.78 is 6.07. The molecule has 1 aliphatic rings. The first-order valence-electron chi connectivity index (χ1n) is 9.60. The molecule has 0 saturated carbocycles. The Kier molecular flexibility index (Phi) is 4.62. The Balaban J connectivity index is 1.40. The van der Waals surface area contributed by atoms with Crippen LogP contribution in [-0.2, 0) is 6.54 Å². The molecular formula is C21H21N5OS. The van der Waals surface area contributed by atoms with E-state index in [9.17, 15) is 0 Å². The smallest absolute Gasteiger partial charge is 0.259 e. The van der Waals surface area contributed by atoms with E-state index in [1.807, 2.05) is 24.6 Å². The van der Waals surface area contributed by atoms with Gasteiger partial charge in [0.05, 0.1) is 28.5 Å². The lowest BCUT2D eigenvalue weighted by molar-refractivity contribution is 0.117. The molecule has 0 amide bonds. The average molecular weight is 392 g/mol. The van der Waals surface area contributed by atoms with Crippen LogP contribution >= 0.6 is 11.3 Å². The highest BCUT2D eigenvalue weighted by Crippen LogP contribution is 2.34. The Morgan fingerprint density at radius 2 is 2.07 bits per heavy atom. The summed E-state index contributed by atoms with van der Waals surface area (Å²) in [6.45, 7) is 3.76. The Labute approximate surface area is 167 Å². The maximum Gasteiger partial charge on any atom is 0.259 e. The van der Waals surface area contributed by atoms with Gasteiger partial charge in [-0.2, -0.15) is 0 Å². The zero-order valence-electron chi connectivity index (χ0n) is 15.7. The van der Waals surface area contributed by atoms with E-state index < -0.39 is 0 Å². The van der Waals surface area contributed by atoms with Gasteiger partial charge in [-0.15, -0.1) is 21.5 Å². The van der Waals surface area contributed by atoms with E-state index in [0.717, 1.165) is 41.3 Å². The van der Waals surface area contributed by atoms with Crippen LogP contribution in [0.1, 0.15) is 42.6 Å².